The molecule has 3 unspecified atom stereocenters. The molecule has 2 rings (SSSR count). The third-order valence-corrected chi connectivity index (χ3v) is 4.41. The van der Waals surface area contributed by atoms with Crippen molar-refractivity contribution in [2.45, 2.75) is 17.4 Å². The first-order valence-electron chi connectivity index (χ1n) is 5.54. The highest BCUT2D eigenvalue weighted by Crippen LogP contribution is 2.17. The first kappa shape index (κ1) is 11.8. The summed E-state index contributed by atoms with van der Waals surface area (Å²) >= 11 is 0. The molecule has 1 aliphatic heterocycles. The molecule has 1 aromatic carbocycles. The minimum atomic E-state index is -0.990. The lowest BCUT2D eigenvalue weighted by atomic mass is 10.0. The molecular formula is C12H17NO2S. The lowest BCUT2D eigenvalue weighted by Gasteiger charge is -2.16. The largest absolute Gasteiger partial charge is 0.381 e. The van der Waals surface area contributed by atoms with E-state index in [0.717, 1.165) is 17.9 Å². The zero-order chi connectivity index (χ0) is 11.4. The van der Waals surface area contributed by atoms with Gasteiger partial charge in [0.05, 0.1) is 17.4 Å². The first-order valence-corrected chi connectivity index (χ1v) is 6.86. The van der Waals surface area contributed by atoms with Gasteiger partial charge in [0.25, 0.3) is 0 Å². The number of hydrogen-bond acceptors (Lipinski definition) is 3. The van der Waals surface area contributed by atoms with Gasteiger partial charge in [-0.2, -0.15) is 0 Å². The molecule has 0 aliphatic carbocycles. The monoisotopic (exact) mass is 239 g/mol. The molecule has 1 heterocycles. The maximum Gasteiger partial charge on any atom is 0.0545 e. The second-order valence-corrected chi connectivity index (χ2v) is 5.61. The van der Waals surface area contributed by atoms with Crippen LogP contribution in [0.2, 0.25) is 0 Å². The van der Waals surface area contributed by atoms with Crippen molar-refractivity contribution in [1.29, 1.82) is 0 Å². The SMILES string of the molecule is NC(CS(=O)c1ccccc1)C1CCOC1. The highest BCUT2D eigenvalue weighted by Gasteiger charge is 2.24. The Labute approximate surface area is 98.4 Å². The van der Waals surface area contributed by atoms with Crippen molar-refractivity contribution in [1.82, 2.24) is 0 Å². The highest BCUT2D eigenvalue weighted by molar-refractivity contribution is 7.85. The summed E-state index contributed by atoms with van der Waals surface area (Å²) < 4.78 is 17.3. The van der Waals surface area contributed by atoms with E-state index < -0.39 is 10.8 Å². The molecule has 1 aromatic rings. The Morgan fingerprint density at radius 3 is 2.81 bits per heavy atom. The second-order valence-electron chi connectivity index (χ2n) is 4.11. The Morgan fingerprint density at radius 2 is 2.19 bits per heavy atom. The van der Waals surface area contributed by atoms with E-state index in [1.165, 1.54) is 0 Å². The molecule has 0 spiro atoms. The van der Waals surface area contributed by atoms with Crippen LogP contribution in [0, 0.1) is 5.92 Å². The smallest absolute Gasteiger partial charge is 0.0545 e. The van der Waals surface area contributed by atoms with Crippen LogP contribution in [0.3, 0.4) is 0 Å². The van der Waals surface area contributed by atoms with E-state index in [0.29, 0.717) is 18.3 Å². The van der Waals surface area contributed by atoms with Crippen LogP contribution >= 0.6 is 0 Å². The summed E-state index contributed by atoms with van der Waals surface area (Å²) in [5.74, 6) is 0.894. The molecule has 88 valence electrons. The molecule has 1 fully saturated rings. The molecule has 0 aromatic heterocycles. The molecule has 1 saturated heterocycles. The predicted octanol–water partition coefficient (Wildman–Crippen LogP) is 1.16. The van der Waals surface area contributed by atoms with Crippen molar-refractivity contribution in [3.05, 3.63) is 30.3 Å². The van der Waals surface area contributed by atoms with E-state index in [1.807, 2.05) is 30.3 Å². The highest BCUT2D eigenvalue weighted by atomic mass is 32.2. The summed E-state index contributed by atoms with van der Waals surface area (Å²) in [6.07, 6.45) is 0.993. The fourth-order valence-electron chi connectivity index (χ4n) is 1.87. The molecule has 4 heteroatoms. The maximum atomic E-state index is 12.0. The normalized spacial score (nSPS) is 24.2. The van der Waals surface area contributed by atoms with E-state index in [2.05, 4.69) is 0 Å². The van der Waals surface area contributed by atoms with Crippen molar-refractivity contribution >= 4 is 10.8 Å². The predicted molar refractivity (Wildman–Crippen MR) is 64.6 cm³/mol. The molecule has 3 nitrogen and oxygen atoms in total. The Kier molecular flexibility index (Phi) is 4.09. The molecular weight excluding hydrogens is 222 g/mol. The summed E-state index contributed by atoms with van der Waals surface area (Å²) in [4.78, 5) is 0.858. The van der Waals surface area contributed by atoms with E-state index in [9.17, 15) is 4.21 Å². The van der Waals surface area contributed by atoms with Crippen LogP contribution < -0.4 is 5.73 Å². The van der Waals surface area contributed by atoms with Crippen LogP contribution in [-0.2, 0) is 15.5 Å². The van der Waals surface area contributed by atoms with Gasteiger partial charge in [-0.3, -0.25) is 4.21 Å². The van der Waals surface area contributed by atoms with Gasteiger partial charge in [-0.1, -0.05) is 18.2 Å². The van der Waals surface area contributed by atoms with E-state index >= 15 is 0 Å². The summed E-state index contributed by atoms with van der Waals surface area (Å²) in [6, 6.07) is 9.46. The number of hydrogen-bond donors (Lipinski definition) is 1. The fraction of sp³-hybridized carbons (Fsp3) is 0.500. The van der Waals surface area contributed by atoms with Crippen LogP contribution in [0.5, 0.6) is 0 Å². The van der Waals surface area contributed by atoms with Gasteiger partial charge in [0.15, 0.2) is 0 Å². The first-order chi connectivity index (χ1) is 7.77. The van der Waals surface area contributed by atoms with Crippen LogP contribution in [-0.4, -0.2) is 29.2 Å². The molecule has 0 saturated carbocycles. The van der Waals surface area contributed by atoms with Gasteiger partial charge in [-0.05, 0) is 18.6 Å². The average molecular weight is 239 g/mol. The van der Waals surface area contributed by atoms with E-state index in [1.54, 1.807) is 0 Å². The third-order valence-electron chi connectivity index (χ3n) is 2.92. The Hall–Kier alpha value is -0.710. The number of ether oxygens (including phenoxy) is 1. The summed E-state index contributed by atoms with van der Waals surface area (Å²) in [5.41, 5.74) is 6.04. The lowest BCUT2D eigenvalue weighted by molar-refractivity contribution is 0.182. The van der Waals surface area contributed by atoms with Crippen molar-refractivity contribution < 1.29 is 8.95 Å². The molecule has 0 amide bonds. The van der Waals surface area contributed by atoms with E-state index in [4.69, 9.17) is 10.5 Å². The summed E-state index contributed by atoms with van der Waals surface area (Å²) in [6.45, 7) is 1.50. The Bertz CT molecular complexity index is 349. The van der Waals surface area contributed by atoms with Gasteiger partial charge >= 0.3 is 0 Å². The molecule has 0 bridgehead atoms. The van der Waals surface area contributed by atoms with Crippen LogP contribution in [0.1, 0.15) is 6.42 Å². The zero-order valence-electron chi connectivity index (χ0n) is 9.17. The number of benzene rings is 1. The van der Waals surface area contributed by atoms with Crippen LogP contribution in [0.25, 0.3) is 0 Å². The van der Waals surface area contributed by atoms with E-state index in [-0.39, 0.29) is 6.04 Å². The Morgan fingerprint density at radius 1 is 1.44 bits per heavy atom. The molecule has 3 atom stereocenters. The van der Waals surface area contributed by atoms with Gasteiger partial charge < -0.3 is 10.5 Å². The lowest BCUT2D eigenvalue weighted by Crippen LogP contribution is -2.35. The van der Waals surface area contributed by atoms with Crippen molar-refractivity contribution in [3.8, 4) is 0 Å². The van der Waals surface area contributed by atoms with Crippen molar-refractivity contribution in [2.75, 3.05) is 19.0 Å². The van der Waals surface area contributed by atoms with Crippen molar-refractivity contribution in [3.63, 3.8) is 0 Å². The van der Waals surface area contributed by atoms with Crippen LogP contribution in [0.15, 0.2) is 35.2 Å². The molecule has 0 radical (unpaired) electrons. The van der Waals surface area contributed by atoms with Gasteiger partial charge in [-0.15, -0.1) is 0 Å². The third kappa shape index (κ3) is 2.90. The second kappa shape index (κ2) is 5.57. The van der Waals surface area contributed by atoms with Gasteiger partial charge in [0.2, 0.25) is 0 Å². The van der Waals surface area contributed by atoms with Gasteiger partial charge in [0.1, 0.15) is 0 Å². The molecule has 2 N–H and O–H groups in total. The van der Waals surface area contributed by atoms with Crippen molar-refractivity contribution in [2.24, 2.45) is 11.7 Å². The molecule has 16 heavy (non-hydrogen) atoms. The average Bonchev–Trinajstić information content (AvgIpc) is 2.83. The fourth-order valence-corrected chi connectivity index (χ4v) is 3.14. The minimum absolute atomic E-state index is 0.0245. The topological polar surface area (TPSA) is 52.3 Å². The quantitative estimate of drug-likeness (QED) is 0.857. The van der Waals surface area contributed by atoms with Gasteiger partial charge in [-0.25, -0.2) is 0 Å². The zero-order valence-corrected chi connectivity index (χ0v) is 9.99. The molecule has 1 aliphatic rings. The number of nitrogens with two attached hydrogens (primary N) is 1. The number of rotatable bonds is 4. The minimum Gasteiger partial charge on any atom is -0.381 e. The van der Waals surface area contributed by atoms with Crippen LogP contribution in [0.4, 0.5) is 0 Å². The Balaban J connectivity index is 1.92. The maximum absolute atomic E-state index is 12.0. The standard InChI is InChI=1S/C12H17NO2S/c13-12(10-6-7-15-8-10)9-16(14)11-4-2-1-3-5-11/h1-5,10,12H,6-9,13H2. The summed E-state index contributed by atoms with van der Waals surface area (Å²) in [7, 11) is -0.990. The summed E-state index contributed by atoms with van der Waals surface area (Å²) in [5, 5.41) is 0. The van der Waals surface area contributed by atoms with Gasteiger partial charge in [0, 0.05) is 29.2 Å².